The second-order valence-corrected chi connectivity index (χ2v) is 24.0. The van der Waals surface area contributed by atoms with Crippen molar-refractivity contribution in [3.63, 3.8) is 0 Å². The summed E-state index contributed by atoms with van der Waals surface area (Å²) in [6.45, 7) is 14.7. The second kappa shape index (κ2) is 28.0. The fourth-order valence-electron chi connectivity index (χ4n) is 12.7. The first-order valence-electron chi connectivity index (χ1n) is 32.1. The number of benzene rings is 6. The molecule has 10 heterocycles. The van der Waals surface area contributed by atoms with Crippen LogP contribution in [0.2, 0.25) is 5.02 Å². The summed E-state index contributed by atoms with van der Waals surface area (Å²) in [7, 11) is 1.54. The second-order valence-electron chi connectivity index (χ2n) is 23.6. The summed E-state index contributed by atoms with van der Waals surface area (Å²) in [6, 6.07) is 50.6. The Morgan fingerprint density at radius 1 is 0.531 bits per heavy atom. The molecule has 0 atom stereocenters. The smallest absolute Gasteiger partial charge is 0.251 e. The number of nitrogens with zero attached hydrogens (tertiary/aromatic N) is 10. The molecule has 16 rings (SSSR count). The molecule has 0 unspecified atom stereocenters. The summed E-state index contributed by atoms with van der Waals surface area (Å²) in [6.07, 6.45) is 11.0. The van der Waals surface area contributed by atoms with E-state index in [1.807, 2.05) is 100 Å². The largest absolute Gasteiger partial charge is 0.505 e. The van der Waals surface area contributed by atoms with Gasteiger partial charge in [-0.2, -0.15) is 0 Å². The highest BCUT2D eigenvalue weighted by atomic mass is 35.5. The number of aromatic nitrogens is 6. The van der Waals surface area contributed by atoms with Crippen molar-refractivity contribution in [3.8, 4) is 51.0 Å². The third-order valence-corrected chi connectivity index (χ3v) is 18.2. The Morgan fingerprint density at radius 2 is 1.00 bits per heavy atom. The maximum atomic E-state index is 13.8. The number of amides is 1. The summed E-state index contributed by atoms with van der Waals surface area (Å²) in [5.41, 5.74) is 18.6. The predicted octanol–water partition coefficient (Wildman–Crippen LogP) is 13.5. The van der Waals surface area contributed by atoms with Crippen LogP contribution in [-0.4, -0.2) is 142 Å². The van der Waals surface area contributed by atoms with Crippen LogP contribution < -0.4 is 40.7 Å². The van der Waals surface area contributed by atoms with Crippen molar-refractivity contribution >= 4 is 85.6 Å². The third kappa shape index (κ3) is 13.3. The number of fused-ring (bicyclic) bond motifs is 4. The molecule has 20 nitrogen and oxygen atoms in total. The summed E-state index contributed by atoms with van der Waals surface area (Å²) in [5.74, 6) is -0.463. The molecule has 1 amide bonds. The van der Waals surface area contributed by atoms with Gasteiger partial charge in [0.05, 0.1) is 78.4 Å². The zero-order chi connectivity index (χ0) is 65.7. The van der Waals surface area contributed by atoms with Crippen LogP contribution in [0.1, 0.15) is 22.8 Å². The average Bonchev–Trinajstić information content (AvgIpc) is 1.54. The number of likely N-dealkylation sites (N-methyl/N-ethyl adjacent to an activating group) is 1. The molecular formula is C74H72ClFN14O6. The van der Waals surface area contributed by atoms with Gasteiger partial charge in [0.15, 0.2) is 40.0 Å². The zero-order valence-corrected chi connectivity index (χ0v) is 53.9. The molecule has 0 bridgehead atoms. The number of carbonyl (C=O) groups is 1. The lowest BCUT2D eigenvalue weighted by Gasteiger charge is -2.36. The summed E-state index contributed by atoms with van der Waals surface area (Å²) >= 11 is 6.71. The summed E-state index contributed by atoms with van der Waals surface area (Å²) < 4.78 is 35.9. The molecule has 3 saturated heterocycles. The number of imidazole rings is 3. The highest BCUT2D eigenvalue weighted by Crippen LogP contribution is 2.37. The first kappa shape index (κ1) is 62.6. The van der Waals surface area contributed by atoms with Gasteiger partial charge in [0, 0.05) is 141 Å². The molecule has 96 heavy (non-hydrogen) atoms. The average molecular weight is 1310 g/mol. The van der Waals surface area contributed by atoms with Gasteiger partial charge in [0.1, 0.15) is 0 Å². The number of nitrogens with one attached hydrogen (secondary N) is 4. The molecule has 0 aliphatic carbocycles. The molecular weight excluding hydrogens is 1240 g/mol. The number of methoxy groups -OCH3 is 1. The van der Waals surface area contributed by atoms with Gasteiger partial charge >= 0.3 is 0 Å². The van der Waals surface area contributed by atoms with Crippen molar-refractivity contribution in [2.45, 2.75) is 13.5 Å². The number of phenols is 2. The fourth-order valence-corrected chi connectivity index (χ4v) is 13.0. The number of pyridine rings is 3. The quantitative estimate of drug-likeness (QED) is 0.0600. The van der Waals surface area contributed by atoms with E-state index in [0.29, 0.717) is 17.9 Å². The molecule has 6 aromatic heterocycles. The van der Waals surface area contributed by atoms with Gasteiger partial charge in [-0.3, -0.25) is 18.0 Å². The minimum absolute atomic E-state index is 0.00762. The van der Waals surface area contributed by atoms with E-state index < -0.39 is 5.82 Å². The standard InChI is InChI=1S/C27H27ClN6O.C24H24N4O3.C23H21FN4O2/c1-2-32-11-13-33(14-12-32)25-7-4-20(16-22(25)28)31-23-6-8-24(34-10-9-29-26(23)34)18-3-5-21-19(15-18)17-30-27(21)35;1-30-23-16-17(2-9-22(23)29)21-8-7-20(24-25-10-11-28(21)24)26-18-3-5-19(6-4-18)27-12-14-31-15-13-27;24-19-15-16(1-8-22(19)29)21-7-6-20(23-25-9-10-28(21)23)26-17-2-4-18(5-3-17)27-11-13-30-14-12-27/h3-10,15-16,31H,2,11-14,17H2,1H3,(H,30,35);2-11,16,26,29H,12-15H2,1H3;1-10,15,26,29H,11-14H2. The Morgan fingerprint density at radius 3 is 1.49 bits per heavy atom. The van der Waals surface area contributed by atoms with Gasteiger partial charge in [0.25, 0.3) is 5.91 Å². The maximum Gasteiger partial charge on any atom is 0.251 e. The number of hydrogen-bond donors (Lipinski definition) is 6. The molecule has 6 aromatic carbocycles. The molecule has 6 N–H and O–H groups in total. The number of ether oxygens (including phenoxy) is 3. The Labute approximate surface area is 559 Å². The molecule has 4 aliphatic rings. The number of hydrogen-bond acceptors (Lipinski definition) is 16. The van der Waals surface area contributed by atoms with Gasteiger partial charge in [-0.25, -0.2) is 19.3 Å². The summed E-state index contributed by atoms with van der Waals surface area (Å²) in [4.78, 5) is 35.0. The molecule has 0 saturated carbocycles. The van der Waals surface area contributed by atoms with E-state index in [2.05, 4.69) is 128 Å². The lowest BCUT2D eigenvalue weighted by Crippen LogP contribution is -2.46. The fraction of sp³-hybridized carbons (Fsp3) is 0.216. The van der Waals surface area contributed by atoms with E-state index in [1.54, 1.807) is 37.8 Å². The number of carbonyl (C=O) groups excluding carboxylic acids is 1. The topological polar surface area (TPSA) is 198 Å². The SMILES string of the molecule is CCN1CCN(c2ccc(Nc3ccc(-c4ccc5c(c4)CNC5=O)n4ccnc34)cc2Cl)CC1.COc1cc(-c2ccc(Nc3ccc(N4CCOCC4)cc3)c3nccn23)ccc1O.Oc1ccc(-c2ccc(Nc3ccc(N4CCOCC4)cc3)c3nccn23)cc1F. The predicted molar refractivity (Wildman–Crippen MR) is 377 cm³/mol. The van der Waals surface area contributed by atoms with Crippen LogP contribution in [0, 0.1) is 5.82 Å². The third-order valence-electron chi connectivity index (χ3n) is 17.9. The van der Waals surface area contributed by atoms with Crippen molar-refractivity contribution < 1.29 is 33.6 Å². The molecule has 488 valence electrons. The van der Waals surface area contributed by atoms with Gasteiger partial charge in [-0.15, -0.1) is 0 Å². The maximum absolute atomic E-state index is 13.8. The summed E-state index contributed by atoms with van der Waals surface area (Å²) in [5, 5.41) is 33.4. The van der Waals surface area contributed by atoms with Crippen LogP contribution in [0.15, 0.2) is 195 Å². The molecule has 12 aromatic rings. The van der Waals surface area contributed by atoms with Crippen LogP contribution in [-0.2, 0) is 16.0 Å². The first-order chi connectivity index (χ1) is 47.0. The lowest BCUT2D eigenvalue weighted by molar-refractivity contribution is 0.0965. The number of anilines is 9. The van der Waals surface area contributed by atoms with Gasteiger partial charge < -0.3 is 65.3 Å². The monoisotopic (exact) mass is 1310 g/mol. The van der Waals surface area contributed by atoms with Crippen molar-refractivity contribution in [2.75, 3.05) is 123 Å². The van der Waals surface area contributed by atoms with Crippen LogP contribution in [0.5, 0.6) is 17.2 Å². The highest BCUT2D eigenvalue weighted by Gasteiger charge is 2.23. The van der Waals surface area contributed by atoms with E-state index in [4.69, 9.17) is 25.8 Å². The van der Waals surface area contributed by atoms with E-state index in [9.17, 15) is 19.4 Å². The van der Waals surface area contributed by atoms with Gasteiger partial charge in [-0.05, 0) is 169 Å². The normalized spacial score (nSPS) is 14.8. The molecule has 0 radical (unpaired) electrons. The minimum Gasteiger partial charge on any atom is -0.505 e. The van der Waals surface area contributed by atoms with Crippen molar-refractivity contribution in [2.24, 2.45) is 0 Å². The Kier molecular flexibility index (Phi) is 18.3. The Bertz CT molecular complexity index is 4750. The van der Waals surface area contributed by atoms with Crippen LogP contribution in [0.4, 0.5) is 55.6 Å². The lowest BCUT2D eigenvalue weighted by atomic mass is 10.0. The van der Waals surface area contributed by atoms with E-state index in [0.717, 1.165) is 186 Å². The van der Waals surface area contributed by atoms with Crippen LogP contribution in [0.25, 0.3) is 50.7 Å². The molecule has 3 fully saturated rings. The molecule has 4 aliphatic heterocycles. The minimum atomic E-state index is -0.650. The number of piperazine rings is 1. The van der Waals surface area contributed by atoms with Gasteiger partial charge in [0.2, 0.25) is 0 Å². The molecule has 22 heteroatoms. The van der Waals surface area contributed by atoms with Crippen LogP contribution in [0.3, 0.4) is 0 Å². The number of aromatic hydroxyl groups is 2. The Balaban J connectivity index is 0.000000124. The van der Waals surface area contributed by atoms with Crippen molar-refractivity contribution in [1.82, 2.24) is 38.4 Å². The van der Waals surface area contributed by atoms with Crippen molar-refractivity contribution in [1.29, 1.82) is 0 Å². The zero-order valence-electron chi connectivity index (χ0n) is 53.1. The number of morpholine rings is 2. The Hall–Kier alpha value is -10.8. The first-order valence-corrected chi connectivity index (χ1v) is 32.5. The number of halogens is 2. The number of rotatable bonds is 14. The van der Waals surface area contributed by atoms with Gasteiger partial charge in [-0.1, -0.05) is 24.6 Å². The molecule has 0 spiro atoms. The van der Waals surface area contributed by atoms with E-state index in [1.165, 1.54) is 23.5 Å². The number of phenolic OH excluding ortho intramolecular Hbond substituents is 2. The van der Waals surface area contributed by atoms with Crippen molar-refractivity contribution in [3.05, 3.63) is 217 Å². The highest BCUT2D eigenvalue weighted by molar-refractivity contribution is 6.33. The van der Waals surface area contributed by atoms with E-state index >= 15 is 0 Å². The van der Waals surface area contributed by atoms with Crippen LogP contribution >= 0.6 is 11.6 Å². The van der Waals surface area contributed by atoms with E-state index in [-0.39, 0.29) is 17.4 Å².